The zero-order chi connectivity index (χ0) is 31.5. The van der Waals surface area contributed by atoms with Gasteiger partial charge in [0.15, 0.2) is 4.34 Å². The van der Waals surface area contributed by atoms with E-state index in [4.69, 9.17) is 16.3 Å². The summed E-state index contributed by atoms with van der Waals surface area (Å²) in [7, 11) is 0. The lowest BCUT2D eigenvalue weighted by Crippen LogP contribution is -2.29. The van der Waals surface area contributed by atoms with Gasteiger partial charge >= 0.3 is 5.91 Å². The van der Waals surface area contributed by atoms with Gasteiger partial charge in [0.2, 0.25) is 5.13 Å². The summed E-state index contributed by atoms with van der Waals surface area (Å²) >= 11 is 10.9. The predicted molar refractivity (Wildman–Crippen MR) is 187 cm³/mol. The van der Waals surface area contributed by atoms with Gasteiger partial charge in [-0.3, -0.25) is 14.5 Å². The number of hydrogen-bond acceptors (Lipinski definition) is 8. The van der Waals surface area contributed by atoms with E-state index in [1.165, 1.54) is 28.0 Å². The lowest BCUT2D eigenvalue weighted by molar-refractivity contribution is -0.132. The van der Waals surface area contributed by atoms with Gasteiger partial charge in [0, 0.05) is 19.9 Å². The Morgan fingerprint density at radius 2 is 1.71 bits per heavy atom. The quantitative estimate of drug-likeness (QED) is 0.0402. The second-order valence-electron chi connectivity index (χ2n) is 10.3. The van der Waals surface area contributed by atoms with Gasteiger partial charge in [-0.05, 0) is 94.7 Å². The van der Waals surface area contributed by atoms with Crippen LogP contribution in [0.3, 0.4) is 0 Å². The first-order chi connectivity index (χ1) is 21.8. The molecule has 0 spiro atoms. The third-order valence-corrected chi connectivity index (χ3v) is 10.2. The maximum absolute atomic E-state index is 13.6. The minimum Gasteiger partial charge on any atom is -0.507 e. The molecule has 1 N–H and O–H groups in total. The number of halogens is 2. The summed E-state index contributed by atoms with van der Waals surface area (Å²) in [5.41, 5.74) is 4.30. The van der Waals surface area contributed by atoms with E-state index in [9.17, 15) is 14.7 Å². The van der Waals surface area contributed by atoms with Crippen LogP contribution < -0.4 is 9.64 Å². The summed E-state index contributed by atoms with van der Waals surface area (Å²) in [5.74, 6) is -0.591. The Hall–Kier alpha value is -3.71. The monoisotopic (exact) mass is 765 g/mol. The number of ketones is 1. The Kier molecular flexibility index (Phi) is 9.55. The maximum Gasteiger partial charge on any atom is 0.301 e. The van der Waals surface area contributed by atoms with Crippen LogP contribution in [0.4, 0.5) is 5.13 Å². The highest BCUT2D eigenvalue weighted by atomic mass is 127. The summed E-state index contributed by atoms with van der Waals surface area (Å²) in [6.45, 7) is 2.42. The molecule has 1 amide bonds. The van der Waals surface area contributed by atoms with Crippen LogP contribution in [0.25, 0.3) is 5.76 Å². The van der Waals surface area contributed by atoms with E-state index >= 15 is 0 Å². The fraction of sp³-hybridized carbons (Fsp3) is 0.118. The Labute approximate surface area is 287 Å². The zero-order valence-corrected chi connectivity index (χ0v) is 28.4. The number of hydrogen-bond donors (Lipinski definition) is 1. The average Bonchev–Trinajstić information content (AvgIpc) is 3.62. The van der Waals surface area contributed by atoms with Gasteiger partial charge in [-0.15, -0.1) is 10.2 Å². The number of anilines is 1. The minimum absolute atomic E-state index is 0.0137. The molecule has 0 aliphatic carbocycles. The van der Waals surface area contributed by atoms with Gasteiger partial charge in [0.25, 0.3) is 5.78 Å². The van der Waals surface area contributed by atoms with E-state index in [0.29, 0.717) is 38.6 Å². The van der Waals surface area contributed by atoms with Crippen molar-refractivity contribution < 1.29 is 19.4 Å². The van der Waals surface area contributed by atoms with Crippen molar-refractivity contribution in [2.24, 2.45) is 0 Å². The first kappa shape index (κ1) is 31.3. The van der Waals surface area contributed by atoms with Crippen LogP contribution >= 0.6 is 57.3 Å². The van der Waals surface area contributed by atoms with E-state index in [2.05, 4.69) is 38.9 Å². The predicted octanol–water partition coefficient (Wildman–Crippen LogP) is 8.60. The number of Topliss-reactive ketones (excluding diaryl/α,β-unsaturated/α-hetero) is 1. The molecule has 0 saturated carbocycles. The number of aromatic nitrogens is 2. The van der Waals surface area contributed by atoms with E-state index in [-0.39, 0.29) is 16.5 Å². The molecule has 1 aliphatic rings. The van der Waals surface area contributed by atoms with Crippen molar-refractivity contribution >= 4 is 79.9 Å². The topological polar surface area (TPSA) is 92.6 Å². The van der Waals surface area contributed by atoms with Crippen LogP contribution in [0.1, 0.15) is 33.9 Å². The van der Waals surface area contributed by atoms with Crippen molar-refractivity contribution in [3.8, 4) is 5.75 Å². The zero-order valence-electron chi connectivity index (χ0n) is 23.8. The summed E-state index contributed by atoms with van der Waals surface area (Å²) in [5, 5.41) is 21.0. The van der Waals surface area contributed by atoms with Crippen LogP contribution in [0.15, 0.2) is 107 Å². The highest BCUT2D eigenvalue weighted by Crippen LogP contribution is 2.44. The Morgan fingerprint density at radius 1 is 0.978 bits per heavy atom. The fourth-order valence-corrected chi connectivity index (χ4v) is 7.22. The number of benzene rings is 4. The maximum atomic E-state index is 13.6. The van der Waals surface area contributed by atoms with Crippen LogP contribution in [-0.4, -0.2) is 27.0 Å². The van der Waals surface area contributed by atoms with Crippen LogP contribution in [0.2, 0.25) is 5.02 Å². The Morgan fingerprint density at radius 3 is 2.42 bits per heavy atom. The lowest BCUT2D eigenvalue weighted by atomic mass is 9.95. The van der Waals surface area contributed by atoms with Crippen LogP contribution in [0.5, 0.6) is 5.75 Å². The van der Waals surface area contributed by atoms with Gasteiger partial charge in [0.1, 0.15) is 18.1 Å². The number of aryl methyl sites for hydroxylation is 1. The van der Waals surface area contributed by atoms with E-state index < -0.39 is 17.7 Å². The van der Waals surface area contributed by atoms with Gasteiger partial charge in [0.05, 0.1) is 11.6 Å². The van der Waals surface area contributed by atoms with Crippen molar-refractivity contribution in [2.75, 3.05) is 4.90 Å². The summed E-state index contributed by atoms with van der Waals surface area (Å²) in [6.07, 6.45) is 0. The van der Waals surface area contributed by atoms with E-state index in [0.717, 1.165) is 20.3 Å². The molecule has 0 bridgehead atoms. The molecule has 6 rings (SSSR count). The second kappa shape index (κ2) is 13.7. The average molecular weight is 766 g/mol. The molecule has 4 aromatic carbocycles. The molecular formula is C34H25ClIN3O4S2. The number of carbonyl (C=O) groups is 2. The van der Waals surface area contributed by atoms with Gasteiger partial charge in [-0.2, -0.15) is 0 Å². The van der Waals surface area contributed by atoms with Gasteiger partial charge < -0.3 is 9.84 Å². The van der Waals surface area contributed by atoms with E-state index in [1.807, 2.05) is 73.7 Å². The molecule has 1 aliphatic heterocycles. The molecule has 226 valence electrons. The molecule has 7 nitrogen and oxygen atoms in total. The number of thioether (sulfide) groups is 1. The largest absolute Gasteiger partial charge is 0.507 e. The van der Waals surface area contributed by atoms with Crippen molar-refractivity contribution in [1.82, 2.24) is 10.2 Å². The van der Waals surface area contributed by atoms with E-state index in [1.54, 1.807) is 24.3 Å². The van der Waals surface area contributed by atoms with Crippen LogP contribution in [0, 0.1) is 10.5 Å². The summed E-state index contributed by atoms with van der Waals surface area (Å²) < 4.78 is 7.56. The number of amides is 1. The normalized spacial score (nSPS) is 15.9. The van der Waals surface area contributed by atoms with Crippen molar-refractivity contribution in [2.45, 2.75) is 29.7 Å². The molecule has 0 radical (unpaired) electrons. The van der Waals surface area contributed by atoms with Crippen molar-refractivity contribution in [3.05, 3.63) is 139 Å². The highest BCUT2D eigenvalue weighted by molar-refractivity contribution is 14.1. The highest BCUT2D eigenvalue weighted by Gasteiger charge is 2.48. The first-order valence-corrected chi connectivity index (χ1v) is 17.1. The number of ether oxygens (including phenoxy) is 1. The lowest BCUT2D eigenvalue weighted by Gasteiger charge is -2.22. The molecule has 11 heteroatoms. The molecule has 1 saturated heterocycles. The third-order valence-electron chi connectivity index (χ3n) is 7.12. The summed E-state index contributed by atoms with van der Waals surface area (Å²) in [4.78, 5) is 28.4. The third kappa shape index (κ3) is 7.09. The Bertz CT molecular complexity index is 1890. The fourth-order valence-electron chi connectivity index (χ4n) is 4.91. The summed E-state index contributed by atoms with van der Waals surface area (Å²) in [6, 6.07) is 29.0. The number of nitrogens with zero attached hydrogens (tertiary/aromatic N) is 3. The SMILES string of the molecule is Cc1cccc(COc2ccc(/C(O)=C3\C(=O)C(=O)N(c4nnc(SCc5ccc(Cl)cc5)s4)C3c3ccc(I)cc3)cc2)c1. The molecule has 1 atom stereocenters. The van der Waals surface area contributed by atoms with Crippen molar-refractivity contribution in [1.29, 1.82) is 0 Å². The number of aliphatic hydroxyl groups is 1. The smallest absolute Gasteiger partial charge is 0.301 e. The standard InChI is InChI=1S/C34H25ClIN3O4S2/c1-20-3-2-4-22(17-20)18-43-27-15-9-24(10-16-27)30(40)28-29(23-7-13-26(36)14-8-23)39(32(42)31(28)41)33-37-38-34(45-33)44-19-21-5-11-25(35)12-6-21/h2-17,29,40H,18-19H2,1H3/b30-28+. The minimum atomic E-state index is -0.888. The number of carbonyl (C=O) groups excluding carboxylic acids is 2. The molecular weight excluding hydrogens is 741 g/mol. The molecule has 1 unspecified atom stereocenters. The second-order valence-corrected chi connectivity index (χ2v) is 14.1. The first-order valence-electron chi connectivity index (χ1n) is 13.8. The molecule has 2 heterocycles. The molecule has 1 fully saturated rings. The van der Waals surface area contributed by atoms with Crippen molar-refractivity contribution in [3.63, 3.8) is 0 Å². The Balaban J connectivity index is 1.29. The molecule has 45 heavy (non-hydrogen) atoms. The van der Waals surface area contributed by atoms with Gasteiger partial charge in [-0.1, -0.05) is 88.8 Å². The number of rotatable bonds is 9. The number of aliphatic hydroxyl groups excluding tert-OH is 1. The van der Waals surface area contributed by atoms with Crippen LogP contribution in [-0.2, 0) is 21.9 Å². The molecule has 5 aromatic rings. The van der Waals surface area contributed by atoms with Gasteiger partial charge in [-0.25, -0.2) is 0 Å². The molecule has 1 aromatic heterocycles.